The van der Waals surface area contributed by atoms with E-state index in [1.165, 1.54) is 0 Å². The molecule has 0 atom stereocenters. The van der Waals surface area contributed by atoms with Gasteiger partial charge in [-0.3, -0.25) is 0 Å². The summed E-state index contributed by atoms with van der Waals surface area (Å²) in [5.41, 5.74) is 0. The molecule has 0 heterocycles. The highest BCUT2D eigenvalue weighted by molar-refractivity contribution is 6.26. The zero-order chi connectivity index (χ0) is 4.28. The number of nitrogens with two attached hydrogens (primary N) is 1. The molecule has 0 aliphatic heterocycles. The first-order valence-corrected chi connectivity index (χ1v) is 2.43. The fourth-order valence-electron chi connectivity index (χ4n) is 0. The molecule has 0 saturated heterocycles. The van der Waals surface area contributed by atoms with Crippen LogP contribution in [0.2, 0.25) is 0 Å². The third-order valence-electron chi connectivity index (χ3n) is 0.258. The lowest BCUT2D eigenvalue weighted by Gasteiger charge is -1.97. The van der Waals surface area contributed by atoms with Crippen molar-refractivity contribution in [2.45, 2.75) is 0 Å². The Morgan fingerprint density at radius 2 is 1.80 bits per heavy atom. The summed E-state index contributed by atoms with van der Waals surface area (Å²) in [5.74, 6) is 0. The maximum absolute atomic E-state index is 5.12. The quantitative estimate of drug-likeness (QED) is 0.418. The summed E-state index contributed by atoms with van der Waals surface area (Å²) in [6.45, 7) is 0. The maximum Gasteiger partial charge on any atom is 0.244 e. The molecule has 0 spiro atoms. The smallest absolute Gasteiger partial charge is 0.244 e. The van der Waals surface area contributed by atoms with Crippen molar-refractivity contribution in [3.63, 3.8) is 0 Å². The van der Waals surface area contributed by atoms with E-state index >= 15 is 0 Å². The summed E-state index contributed by atoms with van der Waals surface area (Å²) in [7, 11) is 4.33. The molecule has 0 aromatic heterocycles. The van der Waals surface area contributed by atoms with Crippen LogP contribution < -0.4 is 5.40 Å². The van der Waals surface area contributed by atoms with Crippen LogP contribution in [0.25, 0.3) is 0 Å². The van der Waals surface area contributed by atoms with E-state index in [0.29, 0.717) is 9.84 Å². The Labute approximate surface area is 34.9 Å². The molecule has 2 nitrogen and oxygen atoms in total. The molecule has 0 aliphatic rings. The second-order valence-electron chi connectivity index (χ2n) is 1.02. The maximum atomic E-state index is 5.12. The highest BCUT2D eigenvalue weighted by atomic mass is 28.2. The van der Waals surface area contributed by atoms with Gasteiger partial charge >= 0.3 is 0 Å². The summed E-state index contributed by atoms with van der Waals surface area (Å²) in [6.07, 6.45) is 0. The van der Waals surface area contributed by atoms with Gasteiger partial charge in [0.2, 0.25) is 9.84 Å². The largest absolute Gasteiger partial charge is 0.339 e. The SMILES string of the molecule is CN(C)[Si]N. The molecule has 0 fully saturated rings. The van der Waals surface area contributed by atoms with Crippen LogP contribution >= 0.6 is 0 Å². The average Bonchev–Trinajstić information content (AvgIpc) is 1.38. The van der Waals surface area contributed by atoms with Gasteiger partial charge in [0.25, 0.3) is 0 Å². The highest BCUT2D eigenvalue weighted by Crippen LogP contribution is 1.51. The molecule has 5 heavy (non-hydrogen) atoms. The van der Waals surface area contributed by atoms with Gasteiger partial charge in [-0.1, -0.05) is 0 Å². The molecule has 0 unspecified atom stereocenters. The van der Waals surface area contributed by atoms with Crippen molar-refractivity contribution in [3.05, 3.63) is 0 Å². The van der Waals surface area contributed by atoms with Gasteiger partial charge in [0.05, 0.1) is 0 Å². The lowest BCUT2D eigenvalue weighted by molar-refractivity contribution is 0.660. The molecule has 0 aromatic carbocycles. The van der Waals surface area contributed by atoms with Crippen molar-refractivity contribution in [1.82, 2.24) is 4.57 Å². The van der Waals surface area contributed by atoms with E-state index < -0.39 is 0 Å². The zero-order valence-electron chi connectivity index (χ0n) is 3.52. The number of nitrogens with zero attached hydrogens (tertiary/aromatic N) is 1. The van der Waals surface area contributed by atoms with Gasteiger partial charge in [-0.05, 0) is 14.1 Å². The second kappa shape index (κ2) is 2.38. The first-order chi connectivity index (χ1) is 2.27. The van der Waals surface area contributed by atoms with Gasteiger partial charge in [-0.2, -0.15) is 0 Å². The first-order valence-electron chi connectivity index (χ1n) is 1.41. The molecule has 0 aliphatic carbocycles. The minimum absolute atomic E-state index is 0.448. The van der Waals surface area contributed by atoms with Crippen LogP contribution in [0.3, 0.4) is 0 Å². The first kappa shape index (κ1) is 5.14. The third-order valence-corrected chi connectivity index (χ3v) is 0.775. The van der Waals surface area contributed by atoms with Crippen LogP contribution in [-0.4, -0.2) is 28.5 Å². The van der Waals surface area contributed by atoms with E-state index in [9.17, 15) is 0 Å². The minimum Gasteiger partial charge on any atom is -0.339 e. The van der Waals surface area contributed by atoms with Crippen LogP contribution in [0, 0.1) is 0 Å². The molecule has 2 N–H and O–H groups in total. The van der Waals surface area contributed by atoms with Crippen LogP contribution in [0.1, 0.15) is 0 Å². The van der Waals surface area contributed by atoms with Crippen LogP contribution in [0.5, 0.6) is 0 Å². The van der Waals surface area contributed by atoms with Crippen molar-refractivity contribution >= 4 is 9.84 Å². The Morgan fingerprint density at radius 1 is 1.60 bits per heavy atom. The molecular formula is C2H8N2Si. The molecule has 3 heteroatoms. The van der Waals surface area contributed by atoms with Gasteiger partial charge in [0, 0.05) is 0 Å². The molecule has 0 saturated carbocycles. The van der Waals surface area contributed by atoms with E-state index in [1.807, 2.05) is 18.7 Å². The van der Waals surface area contributed by atoms with Gasteiger partial charge < -0.3 is 9.96 Å². The summed E-state index contributed by atoms with van der Waals surface area (Å²) in [5, 5.41) is 5.12. The van der Waals surface area contributed by atoms with Crippen molar-refractivity contribution in [3.8, 4) is 0 Å². The lowest BCUT2D eigenvalue weighted by atomic mass is 11.3. The van der Waals surface area contributed by atoms with Crippen LogP contribution in [0.4, 0.5) is 0 Å². The third kappa shape index (κ3) is 4.14. The second-order valence-corrected chi connectivity index (χ2v) is 2.18. The van der Waals surface area contributed by atoms with Gasteiger partial charge in [0.15, 0.2) is 0 Å². The molecule has 0 bridgehead atoms. The Bertz CT molecular complexity index is 21.6. The molecular weight excluding hydrogens is 80.1 g/mol. The summed E-state index contributed by atoms with van der Waals surface area (Å²) < 4.78 is 1.93. The van der Waals surface area contributed by atoms with E-state index in [0.717, 1.165) is 0 Å². The normalized spacial score (nSPS) is 9.60. The number of hydrogen-bond acceptors (Lipinski definition) is 2. The zero-order valence-corrected chi connectivity index (χ0v) is 4.52. The van der Waals surface area contributed by atoms with Crippen molar-refractivity contribution < 1.29 is 0 Å². The van der Waals surface area contributed by atoms with Crippen molar-refractivity contribution in [1.29, 1.82) is 0 Å². The number of rotatable bonds is 1. The van der Waals surface area contributed by atoms with E-state index in [1.54, 1.807) is 0 Å². The standard InChI is InChI=1S/C2H8N2Si/c1-4(2)5-3/h3H2,1-2H3. The molecule has 0 amide bonds. The van der Waals surface area contributed by atoms with E-state index in [2.05, 4.69) is 0 Å². The average molecular weight is 88.2 g/mol. The predicted molar refractivity (Wildman–Crippen MR) is 23.6 cm³/mol. The van der Waals surface area contributed by atoms with Gasteiger partial charge in [-0.15, -0.1) is 0 Å². The lowest BCUT2D eigenvalue weighted by Crippen LogP contribution is -2.25. The minimum atomic E-state index is 0.448. The highest BCUT2D eigenvalue weighted by Gasteiger charge is 1.76. The van der Waals surface area contributed by atoms with E-state index in [4.69, 9.17) is 5.40 Å². The van der Waals surface area contributed by atoms with Crippen molar-refractivity contribution in [2.75, 3.05) is 14.1 Å². The number of hydrogen-bond donors (Lipinski definition) is 1. The molecule has 30 valence electrons. The summed E-state index contributed by atoms with van der Waals surface area (Å²) in [4.78, 5) is 0. The Morgan fingerprint density at radius 3 is 1.80 bits per heavy atom. The molecule has 0 rings (SSSR count). The van der Waals surface area contributed by atoms with Crippen LogP contribution in [-0.2, 0) is 0 Å². The summed E-state index contributed by atoms with van der Waals surface area (Å²) >= 11 is 0. The van der Waals surface area contributed by atoms with Gasteiger partial charge in [-0.25, -0.2) is 0 Å². The van der Waals surface area contributed by atoms with Gasteiger partial charge in [0.1, 0.15) is 0 Å². The summed E-state index contributed by atoms with van der Waals surface area (Å²) in [6, 6.07) is 0. The molecule has 2 radical (unpaired) electrons. The Hall–Kier alpha value is 0.137. The predicted octanol–water partition coefficient (Wildman–Crippen LogP) is -0.959. The van der Waals surface area contributed by atoms with Crippen molar-refractivity contribution in [2.24, 2.45) is 5.40 Å². The fraction of sp³-hybridized carbons (Fsp3) is 1.00. The van der Waals surface area contributed by atoms with E-state index in [-0.39, 0.29) is 0 Å². The fourth-order valence-corrected chi connectivity index (χ4v) is 0. The topological polar surface area (TPSA) is 29.3 Å². The monoisotopic (exact) mass is 88.0 g/mol. The Kier molecular flexibility index (Phi) is 2.44. The Balaban J connectivity index is 2.54. The van der Waals surface area contributed by atoms with Crippen LogP contribution in [0.15, 0.2) is 0 Å². The molecule has 0 aromatic rings.